The van der Waals surface area contributed by atoms with Crippen molar-refractivity contribution in [2.24, 2.45) is 0 Å². The van der Waals surface area contributed by atoms with E-state index in [1.807, 2.05) is 0 Å². The van der Waals surface area contributed by atoms with Crippen LogP contribution < -0.4 is 0 Å². The van der Waals surface area contributed by atoms with E-state index in [0.717, 1.165) is 12.2 Å². The number of halogens is 2. The lowest BCUT2D eigenvalue weighted by Gasteiger charge is -2.01. The minimum Gasteiger partial charge on any atom is -0.507 e. The fourth-order valence-corrected chi connectivity index (χ4v) is 1.22. The van der Waals surface area contributed by atoms with Crippen molar-refractivity contribution in [1.82, 2.24) is 0 Å². The molecule has 1 aromatic rings. The van der Waals surface area contributed by atoms with E-state index in [0.29, 0.717) is 0 Å². The summed E-state index contributed by atoms with van der Waals surface area (Å²) in [7, 11) is 0. The maximum absolute atomic E-state index is 13.3. The number of hydrogen-bond donors (Lipinski definition) is 2. The Hall–Kier alpha value is -1.36. The van der Waals surface area contributed by atoms with Gasteiger partial charge in [-0.3, -0.25) is 0 Å². The zero-order valence-corrected chi connectivity index (χ0v) is 8.45. The average molecular weight is 261 g/mol. The summed E-state index contributed by atoms with van der Waals surface area (Å²) in [4.78, 5) is 10.2. The van der Waals surface area contributed by atoms with Crippen LogP contribution in [0.25, 0.3) is 6.08 Å². The van der Waals surface area contributed by atoms with Crippen LogP contribution in [0.2, 0.25) is 0 Å². The SMILES string of the molecule is O=C(O)/C=C/c1c(O)ccc(Br)c1F. The first-order valence-electron chi connectivity index (χ1n) is 3.60. The van der Waals surface area contributed by atoms with Gasteiger partial charge in [0.1, 0.15) is 11.6 Å². The van der Waals surface area contributed by atoms with Gasteiger partial charge >= 0.3 is 5.97 Å². The number of aromatic hydroxyl groups is 1. The largest absolute Gasteiger partial charge is 0.507 e. The molecule has 1 aromatic carbocycles. The number of phenols is 1. The molecule has 0 saturated heterocycles. The first kappa shape index (κ1) is 10.7. The number of phenolic OH excluding ortho intramolecular Hbond substituents is 1. The average Bonchev–Trinajstić information content (AvgIpc) is 2.11. The molecule has 0 aromatic heterocycles. The van der Waals surface area contributed by atoms with Crippen LogP contribution in [0.1, 0.15) is 5.56 Å². The standard InChI is InChI=1S/C9H6BrFO3/c10-6-2-3-7(12)5(9(6)11)1-4-8(13)14/h1-4,12H,(H,13,14)/b4-1+. The van der Waals surface area contributed by atoms with E-state index in [1.165, 1.54) is 12.1 Å². The number of carboxylic acid groups (broad SMARTS) is 1. The summed E-state index contributed by atoms with van der Waals surface area (Å²) in [6.07, 6.45) is 1.75. The molecule has 0 bridgehead atoms. The Bertz CT molecular complexity index is 401. The molecule has 0 fully saturated rings. The van der Waals surface area contributed by atoms with Crippen molar-refractivity contribution in [2.75, 3.05) is 0 Å². The zero-order valence-electron chi connectivity index (χ0n) is 6.87. The normalized spacial score (nSPS) is 10.7. The van der Waals surface area contributed by atoms with Crippen molar-refractivity contribution in [3.05, 3.63) is 34.1 Å². The number of hydrogen-bond acceptors (Lipinski definition) is 2. The highest BCUT2D eigenvalue weighted by Crippen LogP contribution is 2.27. The van der Waals surface area contributed by atoms with Crippen LogP contribution in [0.15, 0.2) is 22.7 Å². The minimum atomic E-state index is -1.20. The molecule has 0 aliphatic heterocycles. The molecule has 14 heavy (non-hydrogen) atoms. The fraction of sp³-hybridized carbons (Fsp3) is 0. The van der Waals surface area contributed by atoms with Gasteiger partial charge in [0.05, 0.1) is 10.0 Å². The minimum absolute atomic E-state index is 0.151. The Morgan fingerprint density at radius 1 is 1.50 bits per heavy atom. The van der Waals surface area contributed by atoms with Gasteiger partial charge in [0.25, 0.3) is 0 Å². The molecular weight excluding hydrogens is 255 g/mol. The number of carbonyl (C=O) groups is 1. The summed E-state index contributed by atoms with van der Waals surface area (Å²) in [5.74, 6) is -2.20. The lowest BCUT2D eigenvalue weighted by atomic mass is 10.2. The molecule has 0 aliphatic carbocycles. The van der Waals surface area contributed by atoms with Crippen LogP contribution in [0, 0.1) is 5.82 Å². The molecule has 0 atom stereocenters. The third-order valence-corrected chi connectivity index (χ3v) is 2.11. The molecule has 3 nitrogen and oxygen atoms in total. The van der Waals surface area contributed by atoms with Gasteiger partial charge in [0.15, 0.2) is 0 Å². The summed E-state index contributed by atoms with van der Waals surface area (Å²) >= 11 is 2.92. The van der Waals surface area contributed by atoms with Crippen molar-refractivity contribution in [1.29, 1.82) is 0 Å². The van der Waals surface area contributed by atoms with Gasteiger partial charge in [-0.05, 0) is 34.1 Å². The third kappa shape index (κ3) is 2.32. The maximum atomic E-state index is 13.3. The van der Waals surface area contributed by atoms with Gasteiger partial charge in [-0.25, -0.2) is 9.18 Å². The molecule has 0 saturated carbocycles. The second-order valence-corrected chi connectivity index (χ2v) is 3.32. The van der Waals surface area contributed by atoms with Gasteiger partial charge in [-0.1, -0.05) is 0 Å². The van der Waals surface area contributed by atoms with E-state index in [4.69, 9.17) is 5.11 Å². The predicted molar refractivity (Wildman–Crippen MR) is 52.4 cm³/mol. The molecule has 0 spiro atoms. The molecule has 74 valence electrons. The number of carboxylic acids is 1. The molecule has 2 N–H and O–H groups in total. The van der Waals surface area contributed by atoms with E-state index in [-0.39, 0.29) is 15.8 Å². The molecule has 1 rings (SSSR count). The summed E-state index contributed by atoms with van der Waals surface area (Å²) in [5, 5.41) is 17.5. The summed E-state index contributed by atoms with van der Waals surface area (Å²) in [5.41, 5.74) is -0.151. The Kier molecular flexibility index (Phi) is 3.24. The quantitative estimate of drug-likeness (QED) is 0.803. The van der Waals surface area contributed by atoms with E-state index < -0.39 is 11.8 Å². The monoisotopic (exact) mass is 260 g/mol. The number of rotatable bonds is 2. The number of benzene rings is 1. The van der Waals surface area contributed by atoms with Gasteiger partial charge in [0, 0.05) is 6.08 Å². The van der Waals surface area contributed by atoms with Crippen LogP contribution in [-0.2, 0) is 4.79 Å². The molecule has 0 heterocycles. The Morgan fingerprint density at radius 2 is 2.14 bits per heavy atom. The number of aliphatic carboxylic acids is 1. The summed E-state index contributed by atoms with van der Waals surface area (Å²) in [6.45, 7) is 0. The fourth-order valence-electron chi connectivity index (χ4n) is 0.869. The van der Waals surface area contributed by atoms with Crippen LogP contribution >= 0.6 is 15.9 Å². The molecule has 5 heteroatoms. The summed E-state index contributed by atoms with van der Waals surface area (Å²) in [6, 6.07) is 2.61. The summed E-state index contributed by atoms with van der Waals surface area (Å²) < 4.78 is 13.4. The first-order valence-corrected chi connectivity index (χ1v) is 4.39. The zero-order chi connectivity index (χ0) is 10.7. The molecule has 0 aliphatic rings. The van der Waals surface area contributed by atoms with Crippen LogP contribution in [0.4, 0.5) is 4.39 Å². The lowest BCUT2D eigenvalue weighted by molar-refractivity contribution is -0.131. The molecule has 0 radical (unpaired) electrons. The Labute approximate surface area is 87.6 Å². The topological polar surface area (TPSA) is 57.5 Å². The Morgan fingerprint density at radius 3 is 2.71 bits per heavy atom. The van der Waals surface area contributed by atoms with Crippen molar-refractivity contribution in [2.45, 2.75) is 0 Å². The van der Waals surface area contributed by atoms with E-state index >= 15 is 0 Å². The van der Waals surface area contributed by atoms with E-state index in [1.54, 1.807) is 0 Å². The van der Waals surface area contributed by atoms with Crippen molar-refractivity contribution in [3.63, 3.8) is 0 Å². The molecule has 0 unspecified atom stereocenters. The highest BCUT2D eigenvalue weighted by molar-refractivity contribution is 9.10. The highest BCUT2D eigenvalue weighted by atomic mass is 79.9. The van der Waals surface area contributed by atoms with Crippen molar-refractivity contribution < 1.29 is 19.4 Å². The van der Waals surface area contributed by atoms with Crippen molar-refractivity contribution >= 4 is 28.0 Å². The maximum Gasteiger partial charge on any atom is 0.328 e. The smallest absolute Gasteiger partial charge is 0.328 e. The molecule has 0 amide bonds. The third-order valence-electron chi connectivity index (χ3n) is 1.50. The van der Waals surface area contributed by atoms with E-state index in [9.17, 15) is 14.3 Å². The predicted octanol–water partition coefficient (Wildman–Crippen LogP) is 2.39. The highest BCUT2D eigenvalue weighted by Gasteiger charge is 2.08. The molecular formula is C9H6BrFO3. The second-order valence-electron chi connectivity index (χ2n) is 2.47. The van der Waals surface area contributed by atoms with Crippen molar-refractivity contribution in [3.8, 4) is 5.75 Å². The first-order chi connectivity index (χ1) is 6.52. The van der Waals surface area contributed by atoms with Crippen LogP contribution in [-0.4, -0.2) is 16.2 Å². The van der Waals surface area contributed by atoms with Crippen LogP contribution in [0.5, 0.6) is 5.75 Å². The van der Waals surface area contributed by atoms with Gasteiger partial charge < -0.3 is 10.2 Å². The van der Waals surface area contributed by atoms with Gasteiger partial charge in [-0.2, -0.15) is 0 Å². The van der Waals surface area contributed by atoms with Gasteiger partial charge in [-0.15, -0.1) is 0 Å². The van der Waals surface area contributed by atoms with E-state index in [2.05, 4.69) is 15.9 Å². The second kappa shape index (κ2) is 4.23. The van der Waals surface area contributed by atoms with Gasteiger partial charge in [0.2, 0.25) is 0 Å². The van der Waals surface area contributed by atoms with Crippen LogP contribution in [0.3, 0.4) is 0 Å². The lowest BCUT2D eigenvalue weighted by Crippen LogP contribution is -1.89. The Balaban J connectivity index is 3.19.